The summed E-state index contributed by atoms with van der Waals surface area (Å²) in [4.78, 5) is 4.80. The third-order valence-corrected chi connectivity index (χ3v) is 5.72. The standard InChI is InChI=1S/C19H21BrN2O2/c1-23-16-9-15(20)6-5-13(16)12-24-18-4-2-3-17(22-18)19-7-8-21-11-14(19)10-19/h2-6,9,14,21H,7-8,10-12H2,1H3. The number of nitrogens with zero attached hydrogens (tertiary/aromatic N) is 1. The van der Waals surface area contributed by atoms with E-state index < -0.39 is 0 Å². The average molecular weight is 389 g/mol. The number of methoxy groups -OCH3 is 1. The molecular formula is C19H21BrN2O2. The van der Waals surface area contributed by atoms with Gasteiger partial charge < -0.3 is 14.8 Å². The van der Waals surface area contributed by atoms with Gasteiger partial charge in [-0.25, -0.2) is 4.98 Å². The molecule has 0 amide bonds. The van der Waals surface area contributed by atoms with Crippen LogP contribution in [0.2, 0.25) is 0 Å². The van der Waals surface area contributed by atoms with E-state index in [9.17, 15) is 0 Å². The number of ether oxygens (including phenoxy) is 2. The number of rotatable bonds is 5. The second kappa shape index (κ2) is 6.37. The third kappa shape index (κ3) is 2.91. The lowest BCUT2D eigenvalue weighted by atomic mass is 9.92. The van der Waals surface area contributed by atoms with Crippen molar-refractivity contribution < 1.29 is 9.47 Å². The highest BCUT2D eigenvalue weighted by atomic mass is 79.9. The second-order valence-electron chi connectivity index (χ2n) is 6.62. The SMILES string of the molecule is COc1cc(Br)ccc1COc1cccc(C23CCNCC2C3)n1. The molecule has 1 aromatic carbocycles. The van der Waals surface area contributed by atoms with Crippen LogP contribution in [0.5, 0.6) is 11.6 Å². The summed E-state index contributed by atoms with van der Waals surface area (Å²) in [5.74, 6) is 2.25. The van der Waals surface area contributed by atoms with Gasteiger partial charge >= 0.3 is 0 Å². The third-order valence-electron chi connectivity index (χ3n) is 5.23. The monoisotopic (exact) mass is 388 g/mol. The van der Waals surface area contributed by atoms with Crippen molar-refractivity contribution in [1.29, 1.82) is 0 Å². The topological polar surface area (TPSA) is 43.4 Å². The van der Waals surface area contributed by atoms with Gasteiger partial charge in [0.2, 0.25) is 5.88 Å². The van der Waals surface area contributed by atoms with E-state index in [0.717, 1.165) is 34.8 Å². The van der Waals surface area contributed by atoms with Crippen molar-refractivity contribution in [3.63, 3.8) is 0 Å². The second-order valence-corrected chi connectivity index (χ2v) is 7.53. The van der Waals surface area contributed by atoms with Gasteiger partial charge in [0.1, 0.15) is 12.4 Å². The molecule has 0 spiro atoms. The number of aromatic nitrogens is 1. The van der Waals surface area contributed by atoms with Gasteiger partial charge in [-0.1, -0.05) is 28.1 Å². The van der Waals surface area contributed by atoms with Crippen molar-refractivity contribution in [2.75, 3.05) is 20.2 Å². The number of piperidine rings is 1. The van der Waals surface area contributed by atoms with Gasteiger partial charge in [-0.05, 0) is 50.0 Å². The molecule has 24 heavy (non-hydrogen) atoms. The predicted octanol–water partition coefficient (Wildman–Crippen LogP) is 3.68. The van der Waals surface area contributed by atoms with Crippen molar-refractivity contribution >= 4 is 15.9 Å². The molecule has 1 saturated heterocycles. The minimum Gasteiger partial charge on any atom is -0.496 e. The molecule has 1 aromatic heterocycles. The van der Waals surface area contributed by atoms with Gasteiger partial charge in [-0.2, -0.15) is 0 Å². The lowest BCUT2D eigenvalue weighted by molar-refractivity contribution is 0.283. The van der Waals surface area contributed by atoms with Gasteiger partial charge in [-0.15, -0.1) is 0 Å². The molecule has 4 nitrogen and oxygen atoms in total. The highest BCUT2D eigenvalue weighted by Gasteiger charge is 2.57. The van der Waals surface area contributed by atoms with E-state index in [2.05, 4.69) is 33.4 Å². The summed E-state index contributed by atoms with van der Waals surface area (Å²) in [7, 11) is 1.67. The van der Waals surface area contributed by atoms with Crippen LogP contribution in [0.15, 0.2) is 40.9 Å². The quantitative estimate of drug-likeness (QED) is 0.847. The molecule has 4 rings (SSSR count). The number of pyridine rings is 1. The van der Waals surface area contributed by atoms with Crippen LogP contribution in [0, 0.1) is 5.92 Å². The summed E-state index contributed by atoms with van der Waals surface area (Å²) < 4.78 is 12.4. The molecule has 2 fully saturated rings. The van der Waals surface area contributed by atoms with E-state index in [4.69, 9.17) is 14.5 Å². The fourth-order valence-electron chi connectivity index (χ4n) is 3.75. The Morgan fingerprint density at radius 2 is 2.25 bits per heavy atom. The molecule has 2 aromatic rings. The largest absolute Gasteiger partial charge is 0.496 e. The first-order valence-corrected chi connectivity index (χ1v) is 9.14. The lowest BCUT2D eigenvalue weighted by Crippen LogP contribution is -2.31. The first kappa shape index (κ1) is 15.9. The highest BCUT2D eigenvalue weighted by molar-refractivity contribution is 9.10. The summed E-state index contributed by atoms with van der Waals surface area (Å²) in [5.41, 5.74) is 2.49. The van der Waals surface area contributed by atoms with Gasteiger partial charge in [-0.3, -0.25) is 0 Å². The van der Waals surface area contributed by atoms with Gasteiger partial charge in [0, 0.05) is 21.5 Å². The molecule has 2 aliphatic rings. The molecule has 126 valence electrons. The number of hydrogen-bond donors (Lipinski definition) is 1. The van der Waals surface area contributed by atoms with Crippen LogP contribution in [0.3, 0.4) is 0 Å². The van der Waals surface area contributed by atoms with Crippen LogP contribution in [0.4, 0.5) is 0 Å². The van der Waals surface area contributed by atoms with Gasteiger partial charge in [0.25, 0.3) is 0 Å². The number of halogens is 1. The van der Waals surface area contributed by atoms with Crippen LogP contribution in [0.25, 0.3) is 0 Å². The predicted molar refractivity (Wildman–Crippen MR) is 96.5 cm³/mol. The number of hydrogen-bond acceptors (Lipinski definition) is 4. The molecule has 2 heterocycles. The van der Waals surface area contributed by atoms with Gasteiger partial charge in [0.15, 0.2) is 0 Å². The Hall–Kier alpha value is -1.59. The van der Waals surface area contributed by atoms with Crippen molar-refractivity contribution in [3.05, 3.63) is 52.1 Å². The van der Waals surface area contributed by atoms with E-state index in [0.29, 0.717) is 17.9 Å². The molecule has 2 unspecified atom stereocenters. The molecule has 1 N–H and O–H groups in total. The average Bonchev–Trinajstić information content (AvgIpc) is 3.37. The smallest absolute Gasteiger partial charge is 0.213 e. The Kier molecular flexibility index (Phi) is 4.22. The highest BCUT2D eigenvalue weighted by Crippen LogP contribution is 2.57. The van der Waals surface area contributed by atoms with E-state index in [-0.39, 0.29) is 0 Å². The van der Waals surface area contributed by atoms with E-state index in [1.54, 1.807) is 7.11 Å². The maximum absolute atomic E-state index is 5.95. The fourth-order valence-corrected chi connectivity index (χ4v) is 4.09. The number of nitrogens with one attached hydrogen (secondary N) is 1. The van der Waals surface area contributed by atoms with Crippen LogP contribution < -0.4 is 14.8 Å². The van der Waals surface area contributed by atoms with E-state index >= 15 is 0 Å². The molecular weight excluding hydrogens is 368 g/mol. The molecule has 1 saturated carbocycles. The number of benzene rings is 1. The maximum atomic E-state index is 5.95. The zero-order valence-corrected chi connectivity index (χ0v) is 15.3. The fraction of sp³-hybridized carbons (Fsp3) is 0.421. The maximum Gasteiger partial charge on any atom is 0.213 e. The molecule has 1 aliphatic heterocycles. The lowest BCUT2D eigenvalue weighted by Gasteiger charge is -2.22. The van der Waals surface area contributed by atoms with Crippen molar-refractivity contribution in [1.82, 2.24) is 10.3 Å². The van der Waals surface area contributed by atoms with Crippen molar-refractivity contribution in [2.24, 2.45) is 5.92 Å². The van der Waals surface area contributed by atoms with Crippen LogP contribution in [0.1, 0.15) is 24.1 Å². The molecule has 0 bridgehead atoms. The molecule has 5 heteroatoms. The van der Waals surface area contributed by atoms with Crippen molar-refractivity contribution in [3.8, 4) is 11.6 Å². The summed E-state index contributed by atoms with van der Waals surface area (Å²) in [5, 5.41) is 3.47. The van der Waals surface area contributed by atoms with Crippen molar-refractivity contribution in [2.45, 2.75) is 24.9 Å². The number of fused-ring (bicyclic) bond motifs is 1. The molecule has 0 radical (unpaired) electrons. The first-order valence-electron chi connectivity index (χ1n) is 8.35. The Balaban J connectivity index is 1.49. The molecule has 2 atom stereocenters. The summed E-state index contributed by atoms with van der Waals surface area (Å²) in [6.07, 6.45) is 2.42. The minimum atomic E-state index is 0.292. The Labute approximate surface area is 150 Å². The van der Waals surface area contributed by atoms with Crippen LogP contribution in [-0.2, 0) is 12.0 Å². The zero-order chi connectivity index (χ0) is 16.6. The minimum absolute atomic E-state index is 0.292. The van der Waals surface area contributed by atoms with E-state index in [1.165, 1.54) is 18.5 Å². The normalized spacial score (nSPS) is 25.0. The molecule has 1 aliphatic carbocycles. The zero-order valence-electron chi connectivity index (χ0n) is 13.7. The Morgan fingerprint density at radius 3 is 3.08 bits per heavy atom. The van der Waals surface area contributed by atoms with Gasteiger partial charge in [0.05, 0.1) is 12.8 Å². The Morgan fingerprint density at radius 1 is 1.33 bits per heavy atom. The Bertz CT molecular complexity index is 752. The first-order chi connectivity index (χ1) is 11.7. The van der Waals surface area contributed by atoms with E-state index in [1.807, 2.05) is 24.3 Å². The summed E-state index contributed by atoms with van der Waals surface area (Å²) in [6.45, 7) is 2.65. The summed E-state index contributed by atoms with van der Waals surface area (Å²) in [6, 6.07) is 12.1. The summed E-state index contributed by atoms with van der Waals surface area (Å²) >= 11 is 3.46. The van der Waals surface area contributed by atoms with Crippen LogP contribution in [-0.4, -0.2) is 25.2 Å². The van der Waals surface area contributed by atoms with Crippen LogP contribution >= 0.6 is 15.9 Å².